The summed E-state index contributed by atoms with van der Waals surface area (Å²) in [5.41, 5.74) is 1.81. The zero-order chi connectivity index (χ0) is 19.8. The number of nitrogens with zero attached hydrogens (tertiary/aromatic N) is 2. The number of hydrogen-bond donors (Lipinski definition) is 1. The topological polar surface area (TPSA) is 63.7 Å². The van der Waals surface area contributed by atoms with Crippen LogP contribution in [0.5, 0.6) is 11.5 Å². The third-order valence-electron chi connectivity index (χ3n) is 4.01. The van der Waals surface area contributed by atoms with Crippen LogP contribution in [0.25, 0.3) is 0 Å². The van der Waals surface area contributed by atoms with E-state index in [1.807, 2.05) is 4.90 Å². The minimum absolute atomic E-state index is 0.0667. The van der Waals surface area contributed by atoms with Crippen LogP contribution in [0.1, 0.15) is 37.2 Å². The third-order valence-corrected chi connectivity index (χ3v) is 4.30. The average molecular weight is 392 g/mol. The van der Waals surface area contributed by atoms with Gasteiger partial charge in [-0.2, -0.15) is 0 Å². The summed E-state index contributed by atoms with van der Waals surface area (Å²) in [6.45, 7) is 5.55. The summed E-state index contributed by atoms with van der Waals surface area (Å²) in [4.78, 5) is 18.9. The second-order valence-electron chi connectivity index (χ2n) is 6.03. The molecule has 2 aromatic rings. The van der Waals surface area contributed by atoms with E-state index in [-0.39, 0.29) is 5.91 Å². The number of carbonyl (C=O) groups is 1. The lowest BCUT2D eigenvalue weighted by atomic mass is 10.2. The monoisotopic (exact) mass is 391 g/mol. The Morgan fingerprint density at radius 3 is 2.37 bits per heavy atom. The quantitative estimate of drug-likeness (QED) is 0.667. The SMILES string of the molecule is CCCN(CCC)C(=O)c1cc(Nc2cc(OC)c(Cl)cc2OC)ccn1. The van der Waals surface area contributed by atoms with Crippen LogP contribution in [-0.2, 0) is 0 Å². The number of halogens is 1. The van der Waals surface area contributed by atoms with Crippen LogP contribution < -0.4 is 14.8 Å². The lowest BCUT2D eigenvalue weighted by molar-refractivity contribution is 0.0749. The molecule has 146 valence electrons. The van der Waals surface area contributed by atoms with E-state index in [4.69, 9.17) is 21.1 Å². The molecule has 0 aliphatic carbocycles. The number of hydrogen-bond acceptors (Lipinski definition) is 5. The molecule has 0 bridgehead atoms. The molecule has 1 amide bonds. The predicted octanol–water partition coefficient (Wildman–Crippen LogP) is 4.76. The summed E-state index contributed by atoms with van der Waals surface area (Å²) in [5.74, 6) is 1.04. The van der Waals surface area contributed by atoms with Gasteiger partial charge in [0.2, 0.25) is 0 Å². The van der Waals surface area contributed by atoms with Gasteiger partial charge in [-0.05, 0) is 25.0 Å². The number of rotatable bonds is 9. The lowest BCUT2D eigenvalue weighted by Crippen LogP contribution is -2.33. The second kappa shape index (κ2) is 10.0. The maximum atomic E-state index is 12.8. The van der Waals surface area contributed by atoms with Crippen LogP contribution in [0.3, 0.4) is 0 Å². The van der Waals surface area contributed by atoms with E-state index in [1.54, 1.807) is 44.7 Å². The Bertz CT molecular complexity index is 777. The number of pyridine rings is 1. The van der Waals surface area contributed by atoms with Crippen molar-refractivity contribution in [3.8, 4) is 11.5 Å². The zero-order valence-corrected chi connectivity index (χ0v) is 17.0. The fourth-order valence-electron chi connectivity index (χ4n) is 2.76. The molecule has 1 N–H and O–H groups in total. The van der Waals surface area contributed by atoms with Crippen molar-refractivity contribution < 1.29 is 14.3 Å². The van der Waals surface area contributed by atoms with Crippen molar-refractivity contribution in [2.75, 3.05) is 32.6 Å². The molecule has 0 atom stereocenters. The van der Waals surface area contributed by atoms with E-state index in [2.05, 4.69) is 24.1 Å². The first-order valence-electron chi connectivity index (χ1n) is 8.97. The van der Waals surface area contributed by atoms with Gasteiger partial charge in [-0.15, -0.1) is 0 Å². The molecule has 2 rings (SSSR count). The molecule has 0 aliphatic rings. The molecule has 7 heteroatoms. The van der Waals surface area contributed by atoms with E-state index < -0.39 is 0 Å². The Hall–Kier alpha value is -2.47. The fourth-order valence-corrected chi connectivity index (χ4v) is 2.99. The second-order valence-corrected chi connectivity index (χ2v) is 6.44. The summed E-state index contributed by atoms with van der Waals surface area (Å²) in [5, 5.41) is 3.71. The summed E-state index contributed by atoms with van der Waals surface area (Å²) < 4.78 is 10.7. The van der Waals surface area contributed by atoms with Gasteiger partial charge in [0.15, 0.2) is 0 Å². The molecule has 0 aliphatic heterocycles. The van der Waals surface area contributed by atoms with Crippen LogP contribution in [0.2, 0.25) is 5.02 Å². The number of benzene rings is 1. The highest BCUT2D eigenvalue weighted by molar-refractivity contribution is 6.32. The number of amides is 1. The molecule has 27 heavy (non-hydrogen) atoms. The molecule has 0 spiro atoms. The van der Waals surface area contributed by atoms with Crippen LogP contribution in [-0.4, -0.2) is 43.1 Å². The molecule has 6 nitrogen and oxygen atoms in total. The van der Waals surface area contributed by atoms with Crippen LogP contribution >= 0.6 is 11.6 Å². The van der Waals surface area contributed by atoms with Crippen molar-refractivity contribution in [1.29, 1.82) is 0 Å². The van der Waals surface area contributed by atoms with E-state index in [0.29, 0.717) is 41.0 Å². The highest BCUT2D eigenvalue weighted by Crippen LogP contribution is 2.37. The zero-order valence-electron chi connectivity index (χ0n) is 16.2. The van der Waals surface area contributed by atoms with Crippen molar-refractivity contribution >= 4 is 28.9 Å². The van der Waals surface area contributed by atoms with Crippen molar-refractivity contribution in [3.63, 3.8) is 0 Å². The number of methoxy groups -OCH3 is 2. The summed E-state index contributed by atoms with van der Waals surface area (Å²) in [7, 11) is 3.12. The van der Waals surface area contributed by atoms with Gasteiger partial charge in [-0.1, -0.05) is 25.4 Å². The largest absolute Gasteiger partial charge is 0.495 e. The molecular weight excluding hydrogens is 366 g/mol. The molecule has 1 heterocycles. The Morgan fingerprint density at radius 1 is 1.11 bits per heavy atom. The first kappa shape index (κ1) is 20.8. The van der Waals surface area contributed by atoms with Crippen molar-refractivity contribution in [2.24, 2.45) is 0 Å². The Morgan fingerprint density at radius 2 is 1.78 bits per heavy atom. The number of anilines is 2. The first-order chi connectivity index (χ1) is 13.0. The van der Waals surface area contributed by atoms with Gasteiger partial charge >= 0.3 is 0 Å². The predicted molar refractivity (Wildman–Crippen MR) is 109 cm³/mol. The number of carbonyl (C=O) groups excluding carboxylic acids is 1. The first-order valence-corrected chi connectivity index (χ1v) is 9.35. The van der Waals surface area contributed by atoms with E-state index >= 15 is 0 Å². The van der Waals surface area contributed by atoms with Gasteiger partial charge in [0, 0.05) is 37.1 Å². The average Bonchev–Trinajstić information content (AvgIpc) is 2.68. The normalized spacial score (nSPS) is 10.4. The Kier molecular flexibility index (Phi) is 7.73. The maximum absolute atomic E-state index is 12.8. The van der Waals surface area contributed by atoms with Crippen molar-refractivity contribution in [1.82, 2.24) is 9.88 Å². The van der Waals surface area contributed by atoms with Crippen LogP contribution in [0.15, 0.2) is 30.5 Å². The maximum Gasteiger partial charge on any atom is 0.272 e. The van der Waals surface area contributed by atoms with E-state index in [0.717, 1.165) is 18.5 Å². The van der Waals surface area contributed by atoms with Crippen LogP contribution in [0.4, 0.5) is 11.4 Å². The molecule has 1 aromatic heterocycles. The number of nitrogens with one attached hydrogen (secondary N) is 1. The number of ether oxygens (including phenoxy) is 2. The third kappa shape index (κ3) is 5.26. The van der Waals surface area contributed by atoms with Gasteiger partial charge in [0.1, 0.15) is 17.2 Å². The molecule has 0 radical (unpaired) electrons. The van der Waals surface area contributed by atoms with E-state index in [9.17, 15) is 4.79 Å². The van der Waals surface area contributed by atoms with Gasteiger partial charge in [-0.3, -0.25) is 9.78 Å². The lowest BCUT2D eigenvalue weighted by Gasteiger charge is -2.21. The summed E-state index contributed by atoms with van der Waals surface area (Å²) in [6, 6.07) is 6.96. The molecule has 0 fully saturated rings. The van der Waals surface area contributed by atoms with Gasteiger partial charge in [0.05, 0.1) is 24.9 Å². The smallest absolute Gasteiger partial charge is 0.272 e. The summed E-state index contributed by atoms with van der Waals surface area (Å²) >= 11 is 6.15. The molecule has 0 saturated heterocycles. The van der Waals surface area contributed by atoms with E-state index in [1.165, 1.54) is 0 Å². The fraction of sp³-hybridized carbons (Fsp3) is 0.400. The molecule has 1 aromatic carbocycles. The highest BCUT2D eigenvalue weighted by atomic mass is 35.5. The highest BCUT2D eigenvalue weighted by Gasteiger charge is 2.17. The molecular formula is C20H26ClN3O3. The molecule has 0 saturated carbocycles. The Balaban J connectivity index is 2.29. The standard InChI is InChI=1S/C20H26ClN3O3/c1-5-9-24(10-6-2)20(25)17-11-14(7-8-22-17)23-16-13-18(26-3)15(21)12-19(16)27-4/h7-8,11-13H,5-6,9-10H2,1-4H3,(H,22,23). The minimum Gasteiger partial charge on any atom is -0.495 e. The van der Waals surface area contributed by atoms with Gasteiger partial charge < -0.3 is 19.7 Å². The number of aromatic nitrogens is 1. The van der Waals surface area contributed by atoms with Crippen molar-refractivity contribution in [3.05, 3.63) is 41.2 Å². The van der Waals surface area contributed by atoms with Gasteiger partial charge in [0.25, 0.3) is 5.91 Å². The van der Waals surface area contributed by atoms with Crippen molar-refractivity contribution in [2.45, 2.75) is 26.7 Å². The molecule has 0 unspecified atom stereocenters. The summed E-state index contributed by atoms with van der Waals surface area (Å²) in [6.07, 6.45) is 3.43. The van der Waals surface area contributed by atoms with Crippen LogP contribution in [0, 0.1) is 0 Å². The Labute approximate surface area is 165 Å². The van der Waals surface area contributed by atoms with Gasteiger partial charge in [-0.25, -0.2) is 0 Å². The minimum atomic E-state index is -0.0667.